The quantitative estimate of drug-likeness (QED) is 0.671. The summed E-state index contributed by atoms with van der Waals surface area (Å²) in [7, 11) is 4.19. The minimum absolute atomic E-state index is 0.161. The average Bonchev–Trinajstić information content (AvgIpc) is 2.01. The van der Waals surface area contributed by atoms with E-state index in [4.69, 9.17) is 5.73 Å². The fourth-order valence-corrected chi connectivity index (χ4v) is 1.35. The maximum Gasteiger partial charge on any atom is 0.0323 e. The predicted octanol–water partition coefficient (Wildman–Crippen LogP) is 1.45. The molecule has 0 fully saturated rings. The average molecular weight is 158 g/mol. The highest BCUT2D eigenvalue weighted by Gasteiger charge is 2.30. The first-order chi connectivity index (χ1) is 4.99. The molecule has 2 nitrogen and oxygen atoms in total. The van der Waals surface area contributed by atoms with E-state index in [0.29, 0.717) is 0 Å². The highest BCUT2D eigenvalue weighted by atomic mass is 15.2. The largest absolute Gasteiger partial charge is 0.326 e. The highest BCUT2D eigenvalue weighted by molar-refractivity contribution is 4.91. The van der Waals surface area contributed by atoms with Gasteiger partial charge in [-0.15, -0.1) is 0 Å². The summed E-state index contributed by atoms with van der Waals surface area (Å²) in [5.41, 5.74) is 6.18. The van der Waals surface area contributed by atoms with Crippen LogP contribution in [0, 0.1) is 0 Å². The molecule has 0 aromatic heterocycles. The minimum atomic E-state index is 0.161. The van der Waals surface area contributed by atoms with E-state index in [1.54, 1.807) is 0 Å². The molecule has 0 bridgehead atoms. The van der Waals surface area contributed by atoms with Crippen molar-refractivity contribution >= 4 is 0 Å². The van der Waals surface area contributed by atoms with Gasteiger partial charge in [-0.1, -0.05) is 13.8 Å². The van der Waals surface area contributed by atoms with E-state index in [2.05, 4.69) is 39.8 Å². The van der Waals surface area contributed by atoms with Crippen LogP contribution in [0.25, 0.3) is 0 Å². The van der Waals surface area contributed by atoms with Crippen molar-refractivity contribution in [2.24, 2.45) is 5.73 Å². The molecule has 0 aromatic rings. The van der Waals surface area contributed by atoms with Crippen molar-refractivity contribution in [2.45, 2.75) is 45.2 Å². The monoisotopic (exact) mass is 158 g/mol. The summed E-state index contributed by atoms with van der Waals surface area (Å²) in [5, 5.41) is 0. The van der Waals surface area contributed by atoms with Gasteiger partial charge in [-0.2, -0.15) is 0 Å². The lowest BCUT2D eigenvalue weighted by atomic mass is 9.87. The first-order valence-corrected chi connectivity index (χ1v) is 4.42. The molecule has 0 aromatic carbocycles. The van der Waals surface area contributed by atoms with Gasteiger partial charge in [0.05, 0.1) is 0 Å². The number of nitrogens with two attached hydrogens (primary N) is 1. The van der Waals surface area contributed by atoms with Gasteiger partial charge in [-0.05, 0) is 33.9 Å². The molecule has 2 heteroatoms. The lowest BCUT2D eigenvalue weighted by molar-refractivity contribution is 0.129. The zero-order valence-corrected chi connectivity index (χ0v) is 8.52. The number of hydrogen-bond acceptors (Lipinski definition) is 2. The molecule has 0 aliphatic carbocycles. The van der Waals surface area contributed by atoms with Crippen molar-refractivity contribution in [1.29, 1.82) is 0 Å². The SMILES string of the molecule is CCC(N)C(C)(CC)N(C)C. The number of nitrogens with zero attached hydrogens (tertiary/aromatic N) is 1. The van der Waals surface area contributed by atoms with Crippen molar-refractivity contribution in [1.82, 2.24) is 4.90 Å². The summed E-state index contributed by atoms with van der Waals surface area (Å²) in [6.07, 6.45) is 2.15. The smallest absolute Gasteiger partial charge is 0.0323 e. The molecular formula is C9H22N2. The second-order valence-electron chi connectivity index (χ2n) is 3.62. The van der Waals surface area contributed by atoms with E-state index in [1.807, 2.05) is 0 Å². The van der Waals surface area contributed by atoms with E-state index in [1.165, 1.54) is 0 Å². The Morgan fingerprint density at radius 1 is 1.36 bits per heavy atom. The fourth-order valence-electron chi connectivity index (χ4n) is 1.35. The number of likely N-dealkylation sites (N-methyl/N-ethyl adjacent to an activating group) is 1. The molecule has 0 rings (SSSR count). The third-order valence-electron chi connectivity index (χ3n) is 2.98. The summed E-state index contributed by atoms with van der Waals surface area (Å²) in [6, 6.07) is 0.280. The van der Waals surface area contributed by atoms with Gasteiger partial charge in [-0.3, -0.25) is 0 Å². The van der Waals surface area contributed by atoms with Gasteiger partial charge in [0.25, 0.3) is 0 Å². The van der Waals surface area contributed by atoms with Gasteiger partial charge < -0.3 is 10.6 Å². The van der Waals surface area contributed by atoms with Crippen molar-refractivity contribution in [3.8, 4) is 0 Å². The zero-order valence-electron chi connectivity index (χ0n) is 8.52. The van der Waals surface area contributed by atoms with Crippen LogP contribution in [0.3, 0.4) is 0 Å². The van der Waals surface area contributed by atoms with Gasteiger partial charge in [0, 0.05) is 11.6 Å². The Morgan fingerprint density at radius 3 is 1.91 bits per heavy atom. The summed E-state index contributed by atoms with van der Waals surface area (Å²) in [4.78, 5) is 2.22. The van der Waals surface area contributed by atoms with Crippen LogP contribution in [0.15, 0.2) is 0 Å². The topological polar surface area (TPSA) is 29.3 Å². The van der Waals surface area contributed by atoms with Gasteiger partial charge >= 0.3 is 0 Å². The van der Waals surface area contributed by atoms with Crippen LogP contribution < -0.4 is 5.73 Å². The molecule has 0 radical (unpaired) electrons. The van der Waals surface area contributed by atoms with Gasteiger partial charge in [0.1, 0.15) is 0 Å². The summed E-state index contributed by atoms with van der Waals surface area (Å²) in [5.74, 6) is 0. The van der Waals surface area contributed by atoms with E-state index in [-0.39, 0.29) is 11.6 Å². The van der Waals surface area contributed by atoms with Gasteiger partial charge in [0.15, 0.2) is 0 Å². The lowest BCUT2D eigenvalue weighted by Crippen LogP contribution is -2.54. The predicted molar refractivity (Wildman–Crippen MR) is 50.6 cm³/mol. The Morgan fingerprint density at radius 2 is 1.82 bits per heavy atom. The third-order valence-corrected chi connectivity index (χ3v) is 2.98. The normalized spacial score (nSPS) is 19.9. The first kappa shape index (κ1) is 10.9. The maximum atomic E-state index is 6.02. The molecule has 0 aliphatic heterocycles. The second kappa shape index (κ2) is 4.07. The molecular weight excluding hydrogens is 136 g/mol. The second-order valence-corrected chi connectivity index (χ2v) is 3.62. The fraction of sp³-hybridized carbons (Fsp3) is 1.00. The Bertz CT molecular complexity index is 112. The molecule has 2 atom stereocenters. The number of hydrogen-bond donors (Lipinski definition) is 1. The Balaban J connectivity index is 4.32. The highest BCUT2D eigenvalue weighted by Crippen LogP contribution is 2.20. The van der Waals surface area contributed by atoms with E-state index in [9.17, 15) is 0 Å². The van der Waals surface area contributed by atoms with Crippen molar-refractivity contribution in [3.05, 3.63) is 0 Å². The molecule has 0 saturated carbocycles. The lowest BCUT2D eigenvalue weighted by Gasteiger charge is -2.40. The summed E-state index contributed by atoms with van der Waals surface area (Å²) >= 11 is 0. The standard InChI is InChI=1S/C9H22N2/c1-6-8(10)9(3,7-2)11(4)5/h8H,6-7,10H2,1-5H3. The van der Waals surface area contributed by atoms with Gasteiger partial charge in [-0.25, -0.2) is 0 Å². The minimum Gasteiger partial charge on any atom is -0.326 e. The van der Waals surface area contributed by atoms with Crippen LogP contribution in [0.5, 0.6) is 0 Å². The van der Waals surface area contributed by atoms with Gasteiger partial charge in [0.2, 0.25) is 0 Å². The summed E-state index contributed by atoms with van der Waals surface area (Å²) in [6.45, 7) is 6.55. The van der Waals surface area contributed by atoms with Crippen molar-refractivity contribution < 1.29 is 0 Å². The molecule has 2 unspecified atom stereocenters. The third kappa shape index (κ3) is 2.17. The maximum absolute atomic E-state index is 6.02. The van der Waals surface area contributed by atoms with Crippen LogP contribution in [0.1, 0.15) is 33.6 Å². The van der Waals surface area contributed by atoms with Crippen LogP contribution in [-0.2, 0) is 0 Å². The molecule has 0 saturated heterocycles. The molecule has 0 amide bonds. The van der Waals surface area contributed by atoms with E-state index >= 15 is 0 Å². The van der Waals surface area contributed by atoms with Crippen LogP contribution in [0.4, 0.5) is 0 Å². The Kier molecular flexibility index (Phi) is 4.04. The van der Waals surface area contributed by atoms with Crippen molar-refractivity contribution in [2.75, 3.05) is 14.1 Å². The Labute approximate surface area is 70.8 Å². The van der Waals surface area contributed by atoms with Crippen LogP contribution in [-0.4, -0.2) is 30.6 Å². The molecule has 0 aliphatic rings. The van der Waals surface area contributed by atoms with E-state index in [0.717, 1.165) is 12.8 Å². The molecule has 2 N–H and O–H groups in total. The van der Waals surface area contributed by atoms with Crippen LogP contribution in [0.2, 0.25) is 0 Å². The Hall–Kier alpha value is -0.0800. The van der Waals surface area contributed by atoms with Crippen LogP contribution >= 0.6 is 0 Å². The molecule has 68 valence electrons. The molecule has 11 heavy (non-hydrogen) atoms. The summed E-state index contributed by atoms with van der Waals surface area (Å²) < 4.78 is 0. The first-order valence-electron chi connectivity index (χ1n) is 4.42. The molecule has 0 heterocycles. The van der Waals surface area contributed by atoms with Crippen molar-refractivity contribution in [3.63, 3.8) is 0 Å². The zero-order chi connectivity index (χ0) is 9.07. The van der Waals surface area contributed by atoms with E-state index < -0.39 is 0 Å². The number of rotatable bonds is 4. The molecule has 0 spiro atoms.